The highest BCUT2D eigenvalue weighted by molar-refractivity contribution is 5.75. The summed E-state index contributed by atoms with van der Waals surface area (Å²) in [5.41, 5.74) is 2.21. The van der Waals surface area contributed by atoms with Gasteiger partial charge in [-0.25, -0.2) is 4.79 Å². The summed E-state index contributed by atoms with van der Waals surface area (Å²) in [4.78, 5) is 10.0. The van der Waals surface area contributed by atoms with E-state index in [4.69, 9.17) is 5.84 Å². The molecule has 0 unspecified atom stereocenters. The molecule has 0 radical (unpaired) electrons. The standard InChI is InChI=1S/C5H9F3N2O2/c6-5(7,8)4(11)12-3-1-2-10-9/h10H,1-3,9H2. The van der Waals surface area contributed by atoms with Crippen LogP contribution < -0.4 is 11.3 Å². The summed E-state index contributed by atoms with van der Waals surface area (Å²) in [7, 11) is 0. The number of hydrogen-bond donors (Lipinski definition) is 2. The van der Waals surface area contributed by atoms with Crippen molar-refractivity contribution in [2.45, 2.75) is 12.6 Å². The summed E-state index contributed by atoms with van der Waals surface area (Å²) in [6.07, 6.45) is -4.66. The Morgan fingerprint density at radius 1 is 1.50 bits per heavy atom. The van der Waals surface area contributed by atoms with Gasteiger partial charge in [-0.2, -0.15) is 13.2 Å². The Morgan fingerprint density at radius 2 is 2.08 bits per heavy atom. The third kappa shape index (κ3) is 4.91. The molecular formula is C5H9F3N2O2. The van der Waals surface area contributed by atoms with E-state index < -0.39 is 12.1 Å². The molecule has 72 valence electrons. The molecule has 0 saturated carbocycles. The van der Waals surface area contributed by atoms with E-state index in [-0.39, 0.29) is 13.0 Å². The lowest BCUT2D eigenvalue weighted by molar-refractivity contribution is -0.199. The quantitative estimate of drug-likeness (QED) is 0.279. The Hall–Kier alpha value is -0.820. The fourth-order valence-electron chi connectivity index (χ4n) is 0.421. The van der Waals surface area contributed by atoms with Gasteiger partial charge in [-0.05, 0) is 6.42 Å². The van der Waals surface area contributed by atoms with Gasteiger partial charge in [0, 0.05) is 6.54 Å². The zero-order valence-corrected chi connectivity index (χ0v) is 6.15. The molecule has 0 aromatic carbocycles. The van der Waals surface area contributed by atoms with E-state index in [9.17, 15) is 18.0 Å². The van der Waals surface area contributed by atoms with Crippen molar-refractivity contribution in [3.05, 3.63) is 0 Å². The van der Waals surface area contributed by atoms with Gasteiger partial charge in [0.25, 0.3) is 0 Å². The molecule has 0 saturated heterocycles. The van der Waals surface area contributed by atoms with Crippen LogP contribution in [0.25, 0.3) is 0 Å². The molecule has 3 N–H and O–H groups in total. The Bertz CT molecular complexity index is 148. The monoisotopic (exact) mass is 186 g/mol. The van der Waals surface area contributed by atoms with Gasteiger partial charge < -0.3 is 4.74 Å². The van der Waals surface area contributed by atoms with Crippen LogP contribution >= 0.6 is 0 Å². The van der Waals surface area contributed by atoms with Crippen molar-refractivity contribution >= 4 is 5.97 Å². The zero-order chi connectivity index (χ0) is 9.61. The van der Waals surface area contributed by atoms with Crippen LogP contribution in [-0.4, -0.2) is 25.3 Å². The smallest absolute Gasteiger partial charge is 0.459 e. The molecule has 0 aliphatic heterocycles. The van der Waals surface area contributed by atoms with Crippen LogP contribution in [0.5, 0.6) is 0 Å². The molecular weight excluding hydrogens is 177 g/mol. The fraction of sp³-hybridized carbons (Fsp3) is 0.800. The first-order valence-corrected chi connectivity index (χ1v) is 3.16. The molecule has 0 spiro atoms. The van der Waals surface area contributed by atoms with Gasteiger partial charge in [-0.3, -0.25) is 11.3 Å². The largest absolute Gasteiger partial charge is 0.490 e. The first-order chi connectivity index (χ1) is 5.48. The van der Waals surface area contributed by atoms with Crippen LogP contribution in [0.3, 0.4) is 0 Å². The van der Waals surface area contributed by atoms with E-state index in [2.05, 4.69) is 10.2 Å². The van der Waals surface area contributed by atoms with Gasteiger partial charge in [0.05, 0.1) is 6.61 Å². The van der Waals surface area contributed by atoms with Crippen molar-refractivity contribution in [3.8, 4) is 0 Å². The van der Waals surface area contributed by atoms with E-state index in [1.165, 1.54) is 0 Å². The maximum absolute atomic E-state index is 11.4. The molecule has 12 heavy (non-hydrogen) atoms. The third-order valence-electron chi connectivity index (χ3n) is 0.930. The van der Waals surface area contributed by atoms with Crippen LogP contribution in [0.15, 0.2) is 0 Å². The normalized spacial score (nSPS) is 11.3. The molecule has 0 fully saturated rings. The minimum absolute atomic E-state index is 0.248. The predicted octanol–water partition coefficient (Wildman–Crippen LogP) is -0.0547. The van der Waals surface area contributed by atoms with Crippen molar-refractivity contribution in [1.29, 1.82) is 0 Å². The molecule has 0 atom stereocenters. The number of ether oxygens (including phenoxy) is 1. The lowest BCUT2D eigenvalue weighted by Crippen LogP contribution is -2.28. The number of hydrogen-bond acceptors (Lipinski definition) is 4. The summed E-state index contributed by atoms with van der Waals surface area (Å²) in [5, 5.41) is 0. The number of carbonyl (C=O) groups excluding carboxylic acids is 1. The lowest BCUT2D eigenvalue weighted by atomic mass is 10.5. The van der Waals surface area contributed by atoms with E-state index in [1.54, 1.807) is 0 Å². The summed E-state index contributed by atoms with van der Waals surface area (Å²) >= 11 is 0. The summed E-state index contributed by atoms with van der Waals surface area (Å²) in [5.74, 6) is 2.65. The highest BCUT2D eigenvalue weighted by atomic mass is 19.4. The molecule has 0 bridgehead atoms. The SMILES string of the molecule is NNCCCOC(=O)C(F)(F)F. The molecule has 0 heterocycles. The second kappa shape index (κ2) is 4.94. The van der Waals surface area contributed by atoms with E-state index in [0.29, 0.717) is 6.54 Å². The molecule has 0 aromatic rings. The van der Waals surface area contributed by atoms with Crippen molar-refractivity contribution in [3.63, 3.8) is 0 Å². The maximum Gasteiger partial charge on any atom is 0.490 e. The number of halogens is 3. The number of esters is 1. The minimum Gasteiger partial charge on any atom is -0.459 e. The summed E-state index contributed by atoms with van der Waals surface area (Å²) < 4.78 is 38.2. The van der Waals surface area contributed by atoms with Gasteiger partial charge in [-0.1, -0.05) is 0 Å². The average molecular weight is 186 g/mol. The van der Waals surface area contributed by atoms with Crippen LogP contribution in [0.1, 0.15) is 6.42 Å². The lowest BCUT2D eigenvalue weighted by Gasteiger charge is -2.06. The number of nitrogens with one attached hydrogen (secondary N) is 1. The third-order valence-corrected chi connectivity index (χ3v) is 0.930. The van der Waals surface area contributed by atoms with Crippen LogP contribution in [-0.2, 0) is 9.53 Å². The molecule has 7 heteroatoms. The summed E-state index contributed by atoms with van der Waals surface area (Å²) in [6.45, 7) is 0.00762. The van der Waals surface area contributed by atoms with Crippen molar-refractivity contribution < 1.29 is 22.7 Å². The number of alkyl halides is 3. The van der Waals surface area contributed by atoms with Crippen LogP contribution in [0.2, 0.25) is 0 Å². The van der Waals surface area contributed by atoms with Gasteiger partial charge in [0.15, 0.2) is 0 Å². The predicted molar refractivity (Wildman–Crippen MR) is 33.8 cm³/mol. The average Bonchev–Trinajstić information content (AvgIpc) is 1.96. The van der Waals surface area contributed by atoms with Crippen molar-refractivity contribution in [2.75, 3.05) is 13.2 Å². The molecule has 0 amide bonds. The van der Waals surface area contributed by atoms with E-state index >= 15 is 0 Å². The second-order valence-electron chi connectivity index (χ2n) is 1.94. The second-order valence-corrected chi connectivity index (χ2v) is 1.94. The van der Waals surface area contributed by atoms with Crippen LogP contribution in [0.4, 0.5) is 13.2 Å². The molecule has 0 aromatic heterocycles. The Kier molecular flexibility index (Phi) is 4.60. The molecule has 0 aliphatic rings. The highest BCUT2D eigenvalue weighted by Gasteiger charge is 2.40. The first kappa shape index (κ1) is 11.2. The topological polar surface area (TPSA) is 64.3 Å². The zero-order valence-electron chi connectivity index (χ0n) is 6.15. The Morgan fingerprint density at radius 3 is 2.50 bits per heavy atom. The first-order valence-electron chi connectivity index (χ1n) is 3.16. The fourth-order valence-corrected chi connectivity index (χ4v) is 0.421. The maximum atomic E-state index is 11.4. The Labute approximate surface area is 66.8 Å². The van der Waals surface area contributed by atoms with E-state index in [1.807, 2.05) is 0 Å². The molecule has 0 aliphatic carbocycles. The number of hydrazine groups is 1. The van der Waals surface area contributed by atoms with Crippen molar-refractivity contribution in [1.82, 2.24) is 5.43 Å². The molecule has 0 rings (SSSR count). The minimum atomic E-state index is -4.91. The van der Waals surface area contributed by atoms with Gasteiger partial charge in [0.2, 0.25) is 0 Å². The van der Waals surface area contributed by atoms with Gasteiger partial charge >= 0.3 is 12.1 Å². The number of carbonyl (C=O) groups is 1. The van der Waals surface area contributed by atoms with Gasteiger partial charge in [-0.15, -0.1) is 0 Å². The molecule has 4 nitrogen and oxygen atoms in total. The van der Waals surface area contributed by atoms with Gasteiger partial charge in [0.1, 0.15) is 0 Å². The van der Waals surface area contributed by atoms with Crippen molar-refractivity contribution in [2.24, 2.45) is 5.84 Å². The number of rotatable bonds is 4. The van der Waals surface area contributed by atoms with Crippen LogP contribution in [0, 0.1) is 0 Å². The number of nitrogens with two attached hydrogens (primary N) is 1. The van der Waals surface area contributed by atoms with E-state index in [0.717, 1.165) is 0 Å². The summed E-state index contributed by atoms with van der Waals surface area (Å²) in [6, 6.07) is 0. The highest BCUT2D eigenvalue weighted by Crippen LogP contribution is 2.16. The Balaban J connectivity index is 3.45.